The summed E-state index contributed by atoms with van der Waals surface area (Å²) < 4.78 is 0. The highest BCUT2D eigenvalue weighted by Gasteiger charge is 2.13. The first kappa shape index (κ1) is 8.12. The Kier molecular flexibility index (Phi) is 1.94. The van der Waals surface area contributed by atoms with Crippen LogP contribution >= 0.6 is 12.6 Å². The molecule has 0 bridgehead atoms. The van der Waals surface area contributed by atoms with Gasteiger partial charge in [0.25, 0.3) is 0 Å². The third-order valence-electron chi connectivity index (χ3n) is 1.68. The molecule has 0 saturated carbocycles. The molecular weight excluding hydrogens is 186 g/mol. The number of rotatable bonds is 0. The van der Waals surface area contributed by atoms with Crippen molar-refractivity contribution in [1.82, 2.24) is 5.12 Å². The van der Waals surface area contributed by atoms with Gasteiger partial charge in [-0.1, -0.05) is 30.8 Å². The Bertz CT molecular complexity index is 377. The summed E-state index contributed by atoms with van der Waals surface area (Å²) in [5.74, 6) is 0. The third kappa shape index (κ3) is 1.50. The molecule has 2 rings (SSSR count). The topological polar surface area (TPSA) is 44.7 Å². The smallest absolute Gasteiger partial charge is 0.274 e. The second-order valence-electron chi connectivity index (χ2n) is 2.54. The summed E-state index contributed by atoms with van der Waals surface area (Å²) in [7, 11) is 0. The molecule has 1 aliphatic heterocycles. The van der Waals surface area contributed by atoms with E-state index in [1.807, 2.05) is 24.3 Å². The Hall–Kier alpha value is -1.49. The van der Waals surface area contributed by atoms with E-state index in [0.717, 1.165) is 16.4 Å². The van der Waals surface area contributed by atoms with Crippen LogP contribution in [0.5, 0.6) is 0 Å². The normalized spacial score (nSPS) is 13.5. The summed E-state index contributed by atoms with van der Waals surface area (Å²) in [5, 5.41) is 4.48. The molecule has 0 spiro atoms. The van der Waals surface area contributed by atoms with E-state index < -0.39 is 5.24 Å². The van der Waals surface area contributed by atoms with Crippen LogP contribution in [0.1, 0.15) is 5.56 Å². The molecular formula is C8H7N3OS. The Labute approximate surface area is 80.6 Å². The number of carbonyl (C=O) groups is 1. The van der Waals surface area contributed by atoms with Gasteiger partial charge in [0.15, 0.2) is 0 Å². The lowest BCUT2D eigenvalue weighted by Crippen LogP contribution is -2.30. The quantitative estimate of drug-likeness (QED) is 0.616. The van der Waals surface area contributed by atoms with Crippen molar-refractivity contribution in [3.63, 3.8) is 0 Å². The number of hydrazone groups is 1. The largest absolute Gasteiger partial charge is 0.318 e. The summed E-state index contributed by atoms with van der Waals surface area (Å²) in [6.07, 6.45) is 1.61. The zero-order chi connectivity index (χ0) is 9.26. The van der Waals surface area contributed by atoms with Gasteiger partial charge in [0.1, 0.15) is 0 Å². The minimum absolute atomic E-state index is 0.439. The lowest BCUT2D eigenvalue weighted by Gasteiger charge is -2.21. The fourth-order valence-electron chi connectivity index (χ4n) is 1.07. The highest BCUT2D eigenvalue weighted by molar-refractivity contribution is 7.96. The molecule has 5 heteroatoms. The molecule has 1 aromatic rings. The van der Waals surface area contributed by atoms with E-state index in [-0.39, 0.29) is 0 Å². The fraction of sp³-hybridized carbons (Fsp3) is 0. The van der Waals surface area contributed by atoms with Gasteiger partial charge >= 0.3 is 5.24 Å². The van der Waals surface area contributed by atoms with Crippen molar-refractivity contribution in [2.45, 2.75) is 0 Å². The van der Waals surface area contributed by atoms with Crippen LogP contribution < -0.4 is 5.43 Å². The predicted molar refractivity (Wildman–Crippen MR) is 53.9 cm³/mol. The van der Waals surface area contributed by atoms with Gasteiger partial charge in [0.05, 0.1) is 11.9 Å². The summed E-state index contributed by atoms with van der Waals surface area (Å²) in [4.78, 5) is 10.8. The average Bonchev–Trinajstić information content (AvgIpc) is 2.17. The van der Waals surface area contributed by atoms with Crippen molar-refractivity contribution in [2.24, 2.45) is 5.10 Å². The maximum absolute atomic E-state index is 10.8. The maximum Gasteiger partial charge on any atom is 0.318 e. The van der Waals surface area contributed by atoms with Crippen molar-refractivity contribution < 1.29 is 4.79 Å². The summed E-state index contributed by atoms with van der Waals surface area (Å²) in [5.41, 5.74) is 4.61. The van der Waals surface area contributed by atoms with Crippen LogP contribution in [0.25, 0.3) is 0 Å². The number of anilines is 1. The lowest BCUT2D eigenvalue weighted by molar-refractivity contribution is 0.235. The number of para-hydroxylation sites is 1. The molecule has 66 valence electrons. The number of hydrogen-bond donors (Lipinski definition) is 2. The van der Waals surface area contributed by atoms with Crippen molar-refractivity contribution in [3.8, 4) is 0 Å². The molecule has 1 aliphatic rings. The van der Waals surface area contributed by atoms with Gasteiger partial charge in [-0.2, -0.15) is 5.10 Å². The van der Waals surface area contributed by atoms with Crippen LogP contribution in [0.3, 0.4) is 0 Å². The van der Waals surface area contributed by atoms with Gasteiger partial charge in [-0.25, -0.2) is 0 Å². The van der Waals surface area contributed by atoms with E-state index in [0.29, 0.717) is 0 Å². The van der Waals surface area contributed by atoms with Gasteiger partial charge < -0.3 is 0 Å². The van der Waals surface area contributed by atoms with Gasteiger partial charge in [0, 0.05) is 5.56 Å². The van der Waals surface area contributed by atoms with E-state index >= 15 is 0 Å². The Morgan fingerprint density at radius 3 is 3.00 bits per heavy atom. The Balaban J connectivity index is 2.34. The number of hydrazine groups is 1. The predicted octanol–water partition coefficient (Wildman–Crippen LogP) is 1.71. The summed E-state index contributed by atoms with van der Waals surface area (Å²) >= 11 is 3.64. The average molecular weight is 193 g/mol. The SMILES string of the molecule is O=C(S)N1N=Cc2ccccc2N1. The van der Waals surface area contributed by atoms with Gasteiger partial charge in [-0.15, -0.1) is 5.12 Å². The van der Waals surface area contributed by atoms with Crippen molar-refractivity contribution in [2.75, 3.05) is 5.43 Å². The summed E-state index contributed by atoms with van der Waals surface area (Å²) in [6, 6.07) is 7.56. The minimum Gasteiger partial charge on any atom is -0.274 e. The van der Waals surface area contributed by atoms with Crippen molar-refractivity contribution in [1.29, 1.82) is 0 Å². The number of benzene rings is 1. The zero-order valence-corrected chi connectivity index (χ0v) is 7.53. The minimum atomic E-state index is -0.439. The molecule has 1 N–H and O–H groups in total. The van der Waals surface area contributed by atoms with Crippen molar-refractivity contribution >= 4 is 29.8 Å². The number of nitrogens with zero attached hydrogens (tertiary/aromatic N) is 2. The first-order valence-electron chi connectivity index (χ1n) is 3.70. The molecule has 0 aliphatic carbocycles. The van der Waals surface area contributed by atoms with Gasteiger partial charge in [-0.05, 0) is 6.07 Å². The molecule has 1 heterocycles. The number of amides is 1. The highest BCUT2D eigenvalue weighted by atomic mass is 32.1. The fourth-order valence-corrected chi connectivity index (χ4v) is 1.17. The third-order valence-corrected chi connectivity index (χ3v) is 1.87. The van der Waals surface area contributed by atoms with E-state index in [4.69, 9.17) is 0 Å². The molecule has 0 atom stereocenters. The maximum atomic E-state index is 10.8. The molecule has 1 aromatic carbocycles. The molecule has 1 amide bonds. The molecule has 13 heavy (non-hydrogen) atoms. The molecule has 0 saturated heterocycles. The molecule has 0 fully saturated rings. The van der Waals surface area contributed by atoms with Crippen LogP contribution in [-0.2, 0) is 0 Å². The van der Waals surface area contributed by atoms with E-state index in [9.17, 15) is 4.79 Å². The zero-order valence-electron chi connectivity index (χ0n) is 6.64. The first-order valence-corrected chi connectivity index (χ1v) is 4.15. The number of thiol groups is 1. The van der Waals surface area contributed by atoms with E-state index in [1.54, 1.807) is 6.21 Å². The number of carbonyl (C=O) groups excluding carboxylic acids is 1. The number of hydrogen-bond acceptors (Lipinski definition) is 3. The second kappa shape index (κ2) is 3.10. The monoisotopic (exact) mass is 193 g/mol. The van der Waals surface area contributed by atoms with E-state index in [1.165, 1.54) is 0 Å². The number of fused-ring (bicyclic) bond motifs is 1. The Morgan fingerprint density at radius 2 is 2.23 bits per heavy atom. The highest BCUT2D eigenvalue weighted by Crippen LogP contribution is 2.18. The number of nitrogens with one attached hydrogen (secondary N) is 1. The second-order valence-corrected chi connectivity index (χ2v) is 2.92. The van der Waals surface area contributed by atoms with Crippen LogP contribution in [0.2, 0.25) is 0 Å². The lowest BCUT2D eigenvalue weighted by atomic mass is 10.2. The Morgan fingerprint density at radius 1 is 1.46 bits per heavy atom. The van der Waals surface area contributed by atoms with Gasteiger partial charge in [0.2, 0.25) is 0 Å². The summed E-state index contributed by atoms with van der Waals surface area (Å²) in [6.45, 7) is 0. The van der Waals surface area contributed by atoms with E-state index in [2.05, 4.69) is 23.2 Å². The van der Waals surface area contributed by atoms with Crippen LogP contribution in [0.15, 0.2) is 29.4 Å². The standard InChI is InChI=1S/C8H7N3OS/c12-8(13)11-9-5-6-3-1-2-4-7(6)10-11/h1-5,10H,(H,12,13). The molecule has 0 unspecified atom stereocenters. The van der Waals surface area contributed by atoms with Crippen LogP contribution in [0, 0.1) is 0 Å². The van der Waals surface area contributed by atoms with Gasteiger partial charge in [-0.3, -0.25) is 10.2 Å². The first-order chi connectivity index (χ1) is 6.27. The van der Waals surface area contributed by atoms with Crippen molar-refractivity contribution in [3.05, 3.63) is 29.8 Å². The van der Waals surface area contributed by atoms with Crippen LogP contribution in [-0.4, -0.2) is 16.6 Å². The molecule has 4 nitrogen and oxygen atoms in total. The van der Waals surface area contributed by atoms with Crippen LogP contribution in [0.4, 0.5) is 10.5 Å². The molecule has 0 aromatic heterocycles. The molecule has 0 radical (unpaired) electrons.